The van der Waals surface area contributed by atoms with Gasteiger partial charge in [-0.05, 0) is 43.7 Å². The number of anilines is 1. The lowest BCUT2D eigenvalue weighted by molar-refractivity contribution is -0.113. The average Bonchev–Trinajstić information content (AvgIpc) is 3.14. The quantitative estimate of drug-likeness (QED) is 0.316. The monoisotopic (exact) mass is 449 g/mol. The van der Waals surface area contributed by atoms with Crippen molar-refractivity contribution in [2.45, 2.75) is 32.0 Å². The van der Waals surface area contributed by atoms with Crippen LogP contribution < -0.4 is 5.32 Å². The number of aryl methyl sites for hydroxylation is 1. The Morgan fingerprint density at radius 1 is 1.06 bits per heavy atom. The minimum atomic E-state index is -0.371. The Kier molecular flexibility index (Phi) is 6.65. The van der Waals surface area contributed by atoms with Crippen LogP contribution in [0.15, 0.2) is 53.7 Å². The number of para-hydroxylation sites is 1. The molecule has 9 heteroatoms. The van der Waals surface area contributed by atoms with Gasteiger partial charge in [-0.2, -0.15) is 0 Å². The number of rotatable bonds is 8. The van der Waals surface area contributed by atoms with Gasteiger partial charge in [-0.15, -0.1) is 10.2 Å². The Bertz CT molecular complexity index is 1270. The smallest absolute Gasteiger partial charge is 0.338 e. The molecule has 4 rings (SSSR count). The van der Waals surface area contributed by atoms with E-state index in [1.165, 1.54) is 11.8 Å². The highest BCUT2D eigenvalue weighted by Gasteiger charge is 2.15. The molecule has 2 aromatic heterocycles. The summed E-state index contributed by atoms with van der Waals surface area (Å²) in [6.45, 7) is 5.14. The molecule has 0 unspecified atom stereocenters. The van der Waals surface area contributed by atoms with E-state index in [9.17, 15) is 9.59 Å². The summed E-state index contributed by atoms with van der Waals surface area (Å²) in [5.74, 6) is -0.430. The zero-order chi connectivity index (χ0) is 22.5. The molecule has 0 atom stereocenters. The van der Waals surface area contributed by atoms with Gasteiger partial charge in [0, 0.05) is 17.6 Å². The van der Waals surface area contributed by atoms with Crippen LogP contribution in [-0.2, 0) is 16.1 Å². The molecule has 0 bridgehead atoms. The van der Waals surface area contributed by atoms with Crippen molar-refractivity contribution in [2.24, 2.45) is 0 Å². The summed E-state index contributed by atoms with van der Waals surface area (Å²) in [5.41, 5.74) is 3.63. The van der Waals surface area contributed by atoms with Crippen LogP contribution in [0.2, 0.25) is 0 Å². The van der Waals surface area contributed by atoms with Crippen LogP contribution in [0.25, 0.3) is 22.1 Å². The Hall–Kier alpha value is -3.46. The molecule has 4 aromatic rings. The van der Waals surface area contributed by atoms with Gasteiger partial charge in [0.25, 0.3) is 0 Å². The second kappa shape index (κ2) is 9.78. The topological polar surface area (TPSA) is 99.0 Å². The van der Waals surface area contributed by atoms with Crippen LogP contribution in [-0.4, -0.2) is 44.0 Å². The van der Waals surface area contributed by atoms with Crippen LogP contribution in [0.1, 0.15) is 30.6 Å². The average molecular weight is 450 g/mol. The van der Waals surface area contributed by atoms with Crippen LogP contribution in [0.4, 0.5) is 5.69 Å². The second-order valence-electron chi connectivity index (χ2n) is 7.08. The number of hydrogen-bond donors (Lipinski definition) is 1. The van der Waals surface area contributed by atoms with Gasteiger partial charge in [-0.3, -0.25) is 4.79 Å². The van der Waals surface area contributed by atoms with Gasteiger partial charge in [-0.1, -0.05) is 36.9 Å². The van der Waals surface area contributed by atoms with Crippen LogP contribution in [0, 0.1) is 0 Å². The van der Waals surface area contributed by atoms with E-state index in [1.807, 2.05) is 31.2 Å². The molecule has 8 nitrogen and oxygen atoms in total. The molecule has 0 spiro atoms. The Balaban J connectivity index is 1.40. The lowest BCUT2D eigenvalue weighted by Crippen LogP contribution is -2.14. The normalized spacial score (nSPS) is 11.1. The Morgan fingerprint density at radius 3 is 2.59 bits per heavy atom. The molecular formula is C23H23N5O3S. The molecule has 0 saturated carbocycles. The predicted octanol–water partition coefficient (Wildman–Crippen LogP) is 4.30. The van der Waals surface area contributed by atoms with Crippen LogP contribution in [0.5, 0.6) is 0 Å². The van der Waals surface area contributed by atoms with E-state index in [-0.39, 0.29) is 17.6 Å². The fourth-order valence-corrected chi connectivity index (χ4v) is 3.95. The van der Waals surface area contributed by atoms with Gasteiger partial charge in [0.05, 0.1) is 23.4 Å². The number of carbonyl (C=O) groups excluding carboxylic acids is 2. The van der Waals surface area contributed by atoms with E-state index in [2.05, 4.69) is 32.0 Å². The number of nitrogens with one attached hydrogen (secondary N) is 1. The van der Waals surface area contributed by atoms with E-state index < -0.39 is 0 Å². The van der Waals surface area contributed by atoms with E-state index in [0.717, 1.165) is 35.0 Å². The number of thioether (sulfide) groups is 1. The minimum absolute atomic E-state index is 0.139. The number of carbonyl (C=O) groups is 2. The first-order valence-electron chi connectivity index (χ1n) is 10.4. The third-order valence-electron chi connectivity index (χ3n) is 4.84. The van der Waals surface area contributed by atoms with E-state index in [0.29, 0.717) is 23.0 Å². The van der Waals surface area contributed by atoms with Crippen molar-refractivity contribution in [3.8, 4) is 0 Å². The Labute approximate surface area is 189 Å². The first kappa shape index (κ1) is 21.8. The molecule has 1 N–H and O–H groups in total. The van der Waals surface area contributed by atoms with Gasteiger partial charge in [0.2, 0.25) is 11.1 Å². The zero-order valence-corrected chi connectivity index (χ0v) is 18.7. The number of hydrogen-bond acceptors (Lipinski definition) is 7. The van der Waals surface area contributed by atoms with Crippen molar-refractivity contribution in [2.75, 3.05) is 17.7 Å². The number of amides is 1. The summed E-state index contributed by atoms with van der Waals surface area (Å²) in [4.78, 5) is 28.9. The van der Waals surface area contributed by atoms with E-state index >= 15 is 0 Å². The molecule has 2 heterocycles. The maximum Gasteiger partial charge on any atom is 0.338 e. The molecule has 0 aliphatic carbocycles. The summed E-state index contributed by atoms with van der Waals surface area (Å²) >= 11 is 1.22. The van der Waals surface area contributed by atoms with E-state index in [4.69, 9.17) is 4.74 Å². The van der Waals surface area contributed by atoms with Gasteiger partial charge < -0.3 is 14.6 Å². The predicted molar refractivity (Wildman–Crippen MR) is 125 cm³/mol. The number of aromatic nitrogens is 4. The van der Waals surface area contributed by atoms with Crippen molar-refractivity contribution in [3.05, 3.63) is 54.1 Å². The lowest BCUT2D eigenvalue weighted by Gasteiger charge is -2.07. The van der Waals surface area contributed by atoms with Crippen molar-refractivity contribution in [1.29, 1.82) is 0 Å². The summed E-state index contributed by atoms with van der Waals surface area (Å²) in [5, 5.41) is 12.8. The zero-order valence-electron chi connectivity index (χ0n) is 17.9. The highest BCUT2D eigenvalue weighted by Crippen LogP contribution is 2.27. The first-order valence-corrected chi connectivity index (χ1v) is 11.4. The molecule has 0 saturated heterocycles. The maximum absolute atomic E-state index is 12.4. The largest absolute Gasteiger partial charge is 0.462 e. The number of esters is 1. The van der Waals surface area contributed by atoms with Crippen LogP contribution in [0.3, 0.4) is 0 Å². The fraction of sp³-hybridized carbons (Fsp3) is 0.261. The molecule has 0 fully saturated rings. The number of benzene rings is 2. The molecule has 164 valence electrons. The molecule has 2 aromatic carbocycles. The summed E-state index contributed by atoms with van der Waals surface area (Å²) in [6, 6.07) is 14.6. The Morgan fingerprint density at radius 2 is 1.84 bits per heavy atom. The summed E-state index contributed by atoms with van der Waals surface area (Å²) in [7, 11) is 0. The molecule has 0 aliphatic heterocycles. The third-order valence-corrected chi connectivity index (χ3v) is 5.68. The summed E-state index contributed by atoms with van der Waals surface area (Å²) in [6.07, 6.45) is 0.768. The van der Waals surface area contributed by atoms with Crippen molar-refractivity contribution < 1.29 is 14.3 Å². The molecule has 32 heavy (non-hydrogen) atoms. The number of ether oxygens (including phenoxy) is 1. The van der Waals surface area contributed by atoms with Gasteiger partial charge in [0.15, 0.2) is 5.65 Å². The third kappa shape index (κ3) is 4.57. The summed E-state index contributed by atoms with van der Waals surface area (Å²) < 4.78 is 7.19. The second-order valence-corrected chi connectivity index (χ2v) is 8.02. The number of nitrogens with zero attached hydrogens (tertiary/aromatic N) is 4. The van der Waals surface area contributed by atoms with Crippen molar-refractivity contribution >= 4 is 51.4 Å². The highest BCUT2D eigenvalue weighted by molar-refractivity contribution is 7.99. The van der Waals surface area contributed by atoms with E-state index in [1.54, 1.807) is 24.3 Å². The molecule has 1 amide bonds. The molecular weight excluding hydrogens is 426 g/mol. The fourth-order valence-electron chi connectivity index (χ4n) is 3.37. The van der Waals surface area contributed by atoms with Gasteiger partial charge in [0.1, 0.15) is 5.52 Å². The van der Waals surface area contributed by atoms with Gasteiger partial charge >= 0.3 is 5.97 Å². The SMILES string of the molecule is CCCOC(=O)c1ccc(NC(=O)CSc2nnc3c4ccccc4n(CC)c3n2)cc1. The van der Waals surface area contributed by atoms with Crippen molar-refractivity contribution in [1.82, 2.24) is 19.7 Å². The molecule has 0 aliphatic rings. The minimum Gasteiger partial charge on any atom is -0.462 e. The van der Waals surface area contributed by atoms with Crippen molar-refractivity contribution in [3.63, 3.8) is 0 Å². The van der Waals surface area contributed by atoms with Crippen LogP contribution >= 0.6 is 11.8 Å². The first-order chi connectivity index (χ1) is 15.6. The molecule has 0 radical (unpaired) electrons. The lowest BCUT2D eigenvalue weighted by atomic mass is 10.2. The standard InChI is InChI=1S/C23H23N5O3S/c1-3-13-31-22(30)15-9-11-16(12-10-15)24-19(29)14-32-23-25-21-20(26-27-23)17-7-5-6-8-18(17)28(21)4-2/h5-12H,3-4,13-14H2,1-2H3,(H,24,29). The maximum atomic E-state index is 12.4. The van der Waals surface area contributed by atoms with Gasteiger partial charge in [-0.25, -0.2) is 9.78 Å². The highest BCUT2D eigenvalue weighted by atomic mass is 32.2. The number of fused-ring (bicyclic) bond motifs is 3.